The van der Waals surface area contributed by atoms with E-state index < -0.39 is 0 Å². The number of halogens is 1. The molecule has 1 aliphatic heterocycles. The number of hydrogen-bond donors (Lipinski definition) is 1. The maximum atomic E-state index is 12.3. The van der Waals surface area contributed by atoms with Gasteiger partial charge < -0.3 is 14.6 Å². The Bertz CT molecular complexity index is 654. The molecule has 2 aromatic rings. The third kappa shape index (κ3) is 3.48. The highest BCUT2D eigenvalue weighted by atomic mass is 35.5. The van der Waals surface area contributed by atoms with E-state index in [0.29, 0.717) is 22.6 Å². The van der Waals surface area contributed by atoms with Gasteiger partial charge in [-0.2, -0.15) is 0 Å². The number of aromatic nitrogens is 1. The second-order valence-electron chi connectivity index (χ2n) is 5.52. The number of amides is 1. The van der Waals surface area contributed by atoms with E-state index in [1.54, 1.807) is 18.4 Å². The number of rotatable bonds is 3. The van der Waals surface area contributed by atoms with Crippen LogP contribution in [0.3, 0.4) is 0 Å². The normalized spacial score (nSPS) is 18.5. The highest BCUT2D eigenvalue weighted by Crippen LogP contribution is 2.21. The molecular weight excluding hydrogens is 302 g/mol. The number of benzene rings is 1. The largest absolute Gasteiger partial charge is 0.444 e. The van der Waals surface area contributed by atoms with Crippen molar-refractivity contribution >= 4 is 17.5 Å². The minimum atomic E-state index is 0.0873. The molecule has 1 aliphatic rings. The molecule has 0 spiro atoms. The first-order valence-corrected chi connectivity index (χ1v) is 7.71. The Balaban J connectivity index is 1.66. The molecule has 1 aromatic carbocycles. The maximum absolute atomic E-state index is 12.3. The third-order valence-electron chi connectivity index (χ3n) is 3.70. The van der Waals surface area contributed by atoms with Crippen LogP contribution in [0.2, 0.25) is 5.02 Å². The minimum absolute atomic E-state index is 0.0873. The lowest BCUT2D eigenvalue weighted by molar-refractivity contribution is -0.131. The van der Waals surface area contributed by atoms with E-state index in [0.717, 1.165) is 25.2 Å². The van der Waals surface area contributed by atoms with E-state index in [-0.39, 0.29) is 12.3 Å². The highest BCUT2D eigenvalue weighted by Gasteiger charge is 2.21. The number of oxazole rings is 1. The van der Waals surface area contributed by atoms with Gasteiger partial charge in [-0.15, -0.1) is 0 Å². The van der Waals surface area contributed by atoms with Crippen LogP contribution in [-0.2, 0) is 11.2 Å². The Hall–Kier alpha value is -1.85. The topological polar surface area (TPSA) is 58.4 Å². The van der Waals surface area contributed by atoms with Crippen molar-refractivity contribution in [1.29, 1.82) is 0 Å². The molecule has 1 N–H and O–H groups in total. The van der Waals surface area contributed by atoms with Gasteiger partial charge in [0.15, 0.2) is 0 Å². The molecule has 0 saturated carbocycles. The number of nitrogens with one attached hydrogen (secondary N) is 1. The van der Waals surface area contributed by atoms with Crippen molar-refractivity contribution in [2.45, 2.75) is 19.4 Å². The second-order valence-corrected chi connectivity index (χ2v) is 5.96. The Morgan fingerprint density at radius 1 is 1.45 bits per heavy atom. The molecular formula is C16H18ClN3O2. The summed E-state index contributed by atoms with van der Waals surface area (Å²) in [6.07, 6.45) is 1.82. The van der Waals surface area contributed by atoms with Gasteiger partial charge >= 0.3 is 0 Å². The van der Waals surface area contributed by atoms with Gasteiger partial charge in [0.25, 0.3) is 0 Å². The van der Waals surface area contributed by atoms with Crippen LogP contribution in [0.25, 0.3) is 11.5 Å². The monoisotopic (exact) mass is 319 g/mol. The first-order chi connectivity index (χ1) is 10.6. The van der Waals surface area contributed by atoms with Gasteiger partial charge in [-0.05, 0) is 31.2 Å². The molecule has 2 heterocycles. The summed E-state index contributed by atoms with van der Waals surface area (Å²) < 4.78 is 5.46. The predicted molar refractivity (Wildman–Crippen MR) is 84.7 cm³/mol. The molecule has 1 atom stereocenters. The summed E-state index contributed by atoms with van der Waals surface area (Å²) >= 11 is 5.86. The fourth-order valence-corrected chi connectivity index (χ4v) is 2.66. The molecule has 22 heavy (non-hydrogen) atoms. The van der Waals surface area contributed by atoms with Crippen molar-refractivity contribution in [3.05, 3.63) is 41.2 Å². The van der Waals surface area contributed by atoms with Crippen molar-refractivity contribution in [3.8, 4) is 11.5 Å². The first kappa shape index (κ1) is 15.1. The number of carbonyl (C=O) groups excluding carboxylic acids is 1. The molecule has 116 valence electrons. The molecule has 1 aromatic heterocycles. The fraction of sp³-hybridized carbons (Fsp3) is 0.375. The molecule has 6 heteroatoms. The number of carbonyl (C=O) groups is 1. The zero-order valence-corrected chi connectivity index (χ0v) is 13.1. The van der Waals surface area contributed by atoms with Crippen LogP contribution in [0, 0.1) is 0 Å². The Labute approximate surface area is 134 Å². The van der Waals surface area contributed by atoms with Gasteiger partial charge in [0, 0.05) is 36.3 Å². The summed E-state index contributed by atoms with van der Waals surface area (Å²) in [6, 6.07) is 7.59. The van der Waals surface area contributed by atoms with Crippen LogP contribution >= 0.6 is 11.6 Å². The smallest absolute Gasteiger partial charge is 0.228 e. The van der Waals surface area contributed by atoms with Crippen molar-refractivity contribution < 1.29 is 9.21 Å². The van der Waals surface area contributed by atoms with Crippen LogP contribution in [-0.4, -0.2) is 41.5 Å². The number of piperazine rings is 1. The van der Waals surface area contributed by atoms with Crippen molar-refractivity contribution in [2.75, 3.05) is 19.6 Å². The minimum Gasteiger partial charge on any atom is -0.444 e. The zero-order valence-electron chi connectivity index (χ0n) is 12.4. The van der Waals surface area contributed by atoms with Crippen LogP contribution in [0.4, 0.5) is 0 Å². The van der Waals surface area contributed by atoms with Gasteiger partial charge in [-0.1, -0.05) is 11.6 Å². The molecule has 1 saturated heterocycles. The van der Waals surface area contributed by atoms with Crippen LogP contribution < -0.4 is 5.32 Å². The first-order valence-electron chi connectivity index (χ1n) is 7.33. The summed E-state index contributed by atoms with van der Waals surface area (Å²) in [6.45, 7) is 4.39. The molecule has 0 radical (unpaired) electrons. The predicted octanol–water partition coefficient (Wildman–Crippen LogP) is 2.36. The standard InChI is InChI=1S/C16H18ClN3O2/c1-11-9-20(7-6-18-11)15(21)8-14-10-22-16(19-14)12-2-4-13(17)5-3-12/h2-5,10-11,18H,6-9H2,1H3. The van der Waals surface area contributed by atoms with Crippen molar-refractivity contribution in [3.63, 3.8) is 0 Å². The van der Waals surface area contributed by atoms with E-state index in [9.17, 15) is 4.79 Å². The highest BCUT2D eigenvalue weighted by molar-refractivity contribution is 6.30. The summed E-state index contributed by atoms with van der Waals surface area (Å²) in [5.41, 5.74) is 1.50. The molecule has 1 unspecified atom stereocenters. The van der Waals surface area contributed by atoms with Crippen molar-refractivity contribution in [2.24, 2.45) is 0 Å². The molecule has 3 rings (SSSR count). The zero-order chi connectivity index (χ0) is 15.5. The van der Waals surface area contributed by atoms with E-state index in [1.807, 2.05) is 17.0 Å². The van der Waals surface area contributed by atoms with E-state index in [1.165, 1.54) is 0 Å². The number of nitrogens with zero attached hydrogens (tertiary/aromatic N) is 2. The summed E-state index contributed by atoms with van der Waals surface area (Å²) in [7, 11) is 0. The van der Waals surface area contributed by atoms with Crippen LogP contribution in [0.5, 0.6) is 0 Å². The second kappa shape index (κ2) is 6.50. The average molecular weight is 320 g/mol. The van der Waals surface area contributed by atoms with E-state index in [2.05, 4.69) is 17.2 Å². The molecule has 1 amide bonds. The molecule has 5 nitrogen and oxygen atoms in total. The van der Waals surface area contributed by atoms with Crippen molar-refractivity contribution in [1.82, 2.24) is 15.2 Å². The summed E-state index contributed by atoms with van der Waals surface area (Å²) in [4.78, 5) is 18.6. The lowest BCUT2D eigenvalue weighted by Gasteiger charge is -2.31. The van der Waals surface area contributed by atoms with Gasteiger partial charge in [-0.25, -0.2) is 4.98 Å². The maximum Gasteiger partial charge on any atom is 0.228 e. The Morgan fingerprint density at radius 2 is 2.23 bits per heavy atom. The quantitative estimate of drug-likeness (QED) is 0.943. The van der Waals surface area contributed by atoms with Crippen LogP contribution in [0.1, 0.15) is 12.6 Å². The lowest BCUT2D eigenvalue weighted by atomic mass is 10.2. The fourth-order valence-electron chi connectivity index (χ4n) is 2.54. The Kier molecular flexibility index (Phi) is 4.45. The van der Waals surface area contributed by atoms with Crippen LogP contribution in [0.15, 0.2) is 34.9 Å². The Morgan fingerprint density at radius 3 is 2.95 bits per heavy atom. The van der Waals surface area contributed by atoms with Gasteiger partial charge in [0.05, 0.1) is 12.1 Å². The molecule has 0 aliphatic carbocycles. The van der Waals surface area contributed by atoms with E-state index in [4.69, 9.17) is 16.0 Å². The molecule has 0 bridgehead atoms. The van der Waals surface area contributed by atoms with E-state index >= 15 is 0 Å². The van der Waals surface area contributed by atoms with Gasteiger partial charge in [0.2, 0.25) is 11.8 Å². The summed E-state index contributed by atoms with van der Waals surface area (Å²) in [5, 5.41) is 3.99. The molecule has 1 fully saturated rings. The number of hydrogen-bond acceptors (Lipinski definition) is 4. The summed E-state index contributed by atoms with van der Waals surface area (Å²) in [5.74, 6) is 0.595. The third-order valence-corrected chi connectivity index (χ3v) is 3.95. The van der Waals surface area contributed by atoms with Gasteiger partial charge in [0.1, 0.15) is 6.26 Å². The van der Waals surface area contributed by atoms with Gasteiger partial charge in [-0.3, -0.25) is 4.79 Å². The lowest BCUT2D eigenvalue weighted by Crippen LogP contribution is -2.51. The average Bonchev–Trinajstić information content (AvgIpc) is 2.96. The SMILES string of the molecule is CC1CN(C(=O)Cc2coc(-c3ccc(Cl)cc3)n2)CCN1.